The number of nitrogens with zero attached hydrogens (tertiary/aromatic N) is 2. The first-order valence-corrected chi connectivity index (χ1v) is 8.99. The molecule has 0 spiro atoms. The molecule has 2 rings (SSSR count). The fourth-order valence-corrected chi connectivity index (χ4v) is 2.31. The first-order chi connectivity index (χ1) is 14.7. The van der Waals surface area contributed by atoms with Crippen molar-refractivity contribution in [2.45, 2.75) is 26.2 Å². The van der Waals surface area contributed by atoms with Crippen LogP contribution in [0.2, 0.25) is 5.15 Å². The van der Waals surface area contributed by atoms with Crippen molar-refractivity contribution in [2.24, 2.45) is 0 Å². The average Bonchev–Trinajstić information content (AvgIpc) is 2.67. The van der Waals surface area contributed by atoms with Crippen LogP contribution in [0.15, 0.2) is 30.5 Å². The second-order valence-corrected chi connectivity index (χ2v) is 5.95. The standard InChI is InChI=1S/C9H7ClF3NO2.C9H8F3NO3/c1-2-16-8(15)5-3-4-6(10)14-7(5)9(11,12)13;1-2-16-8(14)6-4-3-5-13(15)7(6)9(10,11)12/h3-4H,2H2,1H3;3-5H,2H2,1H3. The minimum atomic E-state index is -4.90. The predicted molar refractivity (Wildman–Crippen MR) is 96.6 cm³/mol. The van der Waals surface area contributed by atoms with Crippen LogP contribution in [0.3, 0.4) is 0 Å². The Morgan fingerprint density at radius 1 is 0.969 bits per heavy atom. The van der Waals surface area contributed by atoms with Gasteiger partial charge < -0.3 is 14.7 Å². The molecule has 2 aromatic rings. The van der Waals surface area contributed by atoms with Crippen molar-refractivity contribution in [3.63, 3.8) is 0 Å². The van der Waals surface area contributed by atoms with Crippen molar-refractivity contribution < 1.29 is 50.1 Å². The lowest BCUT2D eigenvalue weighted by molar-refractivity contribution is -0.629. The van der Waals surface area contributed by atoms with Crippen LogP contribution in [0.5, 0.6) is 0 Å². The molecule has 0 saturated carbocycles. The van der Waals surface area contributed by atoms with E-state index in [9.17, 15) is 41.1 Å². The Kier molecular flexibility index (Phi) is 9.24. The van der Waals surface area contributed by atoms with E-state index in [0.29, 0.717) is 6.20 Å². The Morgan fingerprint density at radius 3 is 1.97 bits per heavy atom. The molecule has 0 unspecified atom stereocenters. The molecule has 2 aromatic heterocycles. The third-order valence-corrected chi connectivity index (χ3v) is 3.56. The van der Waals surface area contributed by atoms with Gasteiger partial charge in [-0.1, -0.05) is 11.6 Å². The Hall–Kier alpha value is -3.09. The minimum absolute atomic E-state index is 0.0151. The maximum absolute atomic E-state index is 12.5. The van der Waals surface area contributed by atoms with Gasteiger partial charge in [0.25, 0.3) is 0 Å². The second-order valence-electron chi connectivity index (χ2n) is 5.56. The van der Waals surface area contributed by atoms with E-state index in [-0.39, 0.29) is 18.4 Å². The quantitative estimate of drug-likeness (QED) is 0.208. The molecule has 0 bridgehead atoms. The van der Waals surface area contributed by atoms with E-state index in [1.54, 1.807) is 0 Å². The lowest BCUT2D eigenvalue weighted by atomic mass is 10.2. The van der Waals surface area contributed by atoms with Gasteiger partial charge in [0.2, 0.25) is 0 Å². The lowest BCUT2D eigenvalue weighted by Gasteiger charge is -2.10. The van der Waals surface area contributed by atoms with Crippen LogP contribution in [0.1, 0.15) is 46.0 Å². The largest absolute Gasteiger partial charge is 0.618 e. The zero-order valence-electron chi connectivity index (χ0n) is 16.4. The molecular formula is C18H15ClF6N2O5. The zero-order chi connectivity index (χ0) is 24.7. The first-order valence-electron chi connectivity index (χ1n) is 8.61. The molecule has 0 fully saturated rings. The number of hydrogen-bond acceptors (Lipinski definition) is 6. The predicted octanol–water partition coefficient (Wildman–Crippen LogP) is 4.45. The highest BCUT2D eigenvalue weighted by atomic mass is 35.5. The minimum Gasteiger partial charge on any atom is -0.618 e. The fraction of sp³-hybridized carbons (Fsp3) is 0.333. The highest BCUT2D eigenvalue weighted by Gasteiger charge is 2.44. The van der Waals surface area contributed by atoms with Gasteiger partial charge in [-0.15, -0.1) is 0 Å². The number of aromatic nitrogens is 2. The van der Waals surface area contributed by atoms with Gasteiger partial charge in [0.1, 0.15) is 10.7 Å². The summed E-state index contributed by atoms with van der Waals surface area (Å²) in [7, 11) is 0. The van der Waals surface area contributed by atoms with Crippen LogP contribution in [0, 0.1) is 5.21 Å². The van der Waals surface area contributed by atoms with Gasteiger partial charge in [-0.25, -0.2) is 14.6 Å². The van der Waals surface area contributed by atoms with Crippen molar-refractivity contribution in [3.05, 3.63) is 63.3 Å². The molecule has 176 valence electrons. The van der Waals surface area contributed by atoms with E-state index in [1.165, 1.54) is 13.8 Å². The van der Waals surface area contributed by atoms with Crippen molar-refractivity contribution in [2.75, 3.05) is 13.2 Å². The Balaban J connectivity index is 0.000000320. The molecular weight excluding hydrogens is 474 g/mol. The monoisotopic (exact) mass is 488 g/mol. The summed E-state index contributed by atoms with van der Waals surface area (Å²) >= 11 is 5.34. The third-order valence-electron chi connectivity index (χ3n) is 3.35. The van der Waals surface area contributed by atoms with Gasteiger partial charge in [-0.2, -0.15) is 31.1 Å². The number of esters is 2. The third kappa shape index (κ3) is 7.25. The van der Waals surface area contributed by atoms with Crippen molar-refractivity contribution in [1.29, 1.82) is 0 Å². The Morgan fingerprint density at radius 2 is 1.50 bits per heavy atom. The van der Waals surface area contributed by atoms with Gasteiger partial charge in [0.05, 0.1) is 18.8 Å². The van der Waals surface area contributed by atoms with Gasteiger partial charge >= 0.3 is 30.0 Å². The fourth-order valence-electron chi connectivity index (χ4n) is 2.17. The smallest absolute Gasteiger partial charge is 0.479 e. The normalized spacial score (nSPS) is 11.3. The lowest BCUT2D eigenvalue weighted by Crippen LogP contribution is -2.38. The van der Waals surface area contributed by atoms with Gasteiger partial charge in [-0.05, 0) is 32.0 Å². The number of hydrogen-bond donors (Lipinski definition) is 0. The highest BCUT2D eigenvalue weighted by Crippen LogP contribution is 2.32. The van der Waals surface area contributed by atoms with E-state index in [1.807, 2.05) is 0 Å². The van der Waals surface area contributed by atoms with Crippen LogP contribution in [-0.2, 0) is 21.8 Å². The number of carbonyl (C=O) groups is 2. The molecule has 32 heavy (non-hydrogen) atoms. The maximum Gasteiger partial charge on any atom is 0.479 e. The highest BCUT2D eigenvalue weighted by molar-refractivity contribution is 6.29. The summed E-state index contributed by atoms with van der Waals surface area (Å²) in [6, 6.07) is 3.99. The van der Waals surface area contributed by atoms with E-state index in [0.717, 1.165) is 24.3 Å². The molecule has 0 saturated heterocycles. The van der Waals surface area contributed by atoms with Crippen LogP contribution >= 0.6 is 11.6 Å². The van der Waals surface area contributed by atoms with Crippen LogP contribution in [0.4, 0.5) is 26.3 Å². The molecule has 0 aliphatic heterocycles. The van der Waals surface area contributed by atoms with E-state index < -0.39 is 51.5 Å². The summed E-state index contributed by atoms with van der Waals surface area (Å²) in [5.41, 5.74) is -4.32. The molecule has 0 atom stereocenters. The molecule has 2 heterocycles. The van der Waals surface area contributed by atoms with Crippen molar-refractivity contribution in [1.82, 2.24) is 4.98 Å². The number of rotatable bonds is 4. The molecule has 0 aromatic carbocycles. The number of halogens is 7. The topological polar surface area (TPSA) is 92.4 Å². The van der Waals surface area contributed by atoms with Gasteiger partial charge in [0.15, 0.2) is 11.9 Å². The number of ether oxygens (including phenoxy) is 2. The second kappa shape index (κ2) is 11.0. The summed E-state index contributed by atoms with van der Waals surface area (Å²) in [4.78, 5) is 25.5. The molecule has 0 radical (unpaired) electrons. The van der Waals surface area contributed by atoms with Gasteiger partial charge in [-0.3, -0.25) is 0 Å². The molecule has 0 amide bonds. The summed E-state index contributed by atoms with van der Waals surface area (Å²) in [6.07, 6.45) is -8.97. The summed E-state index contributed by atoms with van der Waals surface area (Å²) in [5, 5.41) is 10.7. The molecule has 0 aliphatic rings. The molecule has 0 N–H and O–H groups in total. The molecule has 14 heteroatoms. The zero-order valence-corrected chi connectivity index (χ0v) is 17.1. The van der Waals surface area contributed by atoms with Gasteiger partial charge in [0, 0.05) is 6.07 Å². The van der Waals surface area contributed by atoms with E-state index in [2.05, 4.69) is 14.5 Å². The summed E-state index contributed by atoms with van der Waals surface area (Å²) in [5.74, 6) is -2.24. The van der Waals surface area contributed by atoms with Crippen LogP contribution < -0.4 is 4.73 Å². The first kappa shape index (κ1) is 26.9. The SMILES string of the molecule is CCOC(=O)c1ccc(Cl)nc1C(F)(F)F.CCOC(=O)c1ccc[n+]([O-])c1C(F)(F)F. The van der Waals surface area contributed by atoms with Crippen molar-refractivity contribution in [3.8, 4) is 0 Å². The van der Waals surface area contributed by atoms with Crippen LogP contribution in [0.25, 0.3) is 0 Å². The number of pyridine rings is 2. The average molecular weight is 489 g/mol. The van der Waals surface area contributed by atoms with E-state index >= 15 is 0 Å². The molecule has 7 nitrogen and oxygen atoms in total. The summed E-state index contributed by atoms with van der Waals surface area (Å²) < 4.78 is 83.5. The van der Waals surface area contributed by atoms with Crippen molar-refractivity contribution >= 4 is 23.5 Å². The Labute approximate surface area is 182 Å². The van der Waals surface area contributed by atoms with E-state index in [4.69, 9.17) is 11.6 Å². The maximum atomic E-state index is 12.5. The summed E-state index contributed by atoms with van der Waals surface area (Å²) in [6.45, 7) is 2.87. The van der Waals surface area contributed by atoms with Crippen LogP contribution in [-0.4, -0.2) is 30.1 Å². The Bertz CT molecular complexity index is 966. The number of alkyl halides is 6. The number of carbonyl (C=O) groups excluding carboxylic acids is 2. The molecule has 0 aliphatic carbocycles.